The molecule has 27 heavy (non-hydrogen) atoms. The van der Waals surface area contributed by atoms with Crippen LogP contribution in [0.5, 0.6) is 5.75 Å². The van der Waals surface area contributed by atoms with Crippen LogP contribution in [0.3, 0.4) is 0 Å². The standard InChI is InChI=1S/C17H11N3O5S2/c21-13-6-2-1-4-11(13)10-18-19-16(22)14(27-17(19)26)7-3-5-12-8-9-15(25-12)20(23)24/h1-10,21H/b5-3+,14-7+,18-10+. The first kappa shape index (κ1) is 18.5. The van der Waals surface area contributed by atoms with E-state index in [1.807, 2.05) is 0 Å². The number of nitrogens with zero attached hydrogens (tertiary/aromatic N) is 3. The minimum absolute atomic E-state index is 0.0395. The average Bonchev–Trinajstić information content (AvgIpc) is 3.21. The number of hydrogen-bond acceptors (Lipinski definition) is 8. The van der Waals surface area contributed by atoms with Crippen molar-refractivity contribution in [2.24, 2.45) is 5.10 Å². The number of hydrogen-bond donors (Lipinski definition) is 1. The number of para-hydroxylation sites is 1. The molecule has 0 aliphatic carbocycles. The average molecular weight is 401 g/mol. The highest BCUT2D eigenvalue weighted by Gasteiger charge is 2.31. The topological polar surface area (TPSA) is 109 Å². The summed E-state index contributed by atoms with van der Waals surface area (Å²) in [6, 6.07) is 9.26. The lowest BCUT2D eigenvalue weighted by Gasteiger charge is -2.06. The van der Waals surface area contributed by atoms with E-state index in [1.54, 1.807) is 18.2 Å². The molecule has 1 amide bonds. The molecular weight excluding hydrogens is 390 g/mol. The SMILES string of the molecule is O=C1/C(=C\C=C\c2ccc([N+](=O)[O-])o2)SC(=S)N1/N=C/c1ccccc1O. The Kier molecular flexibility index (Phi) is 5.48. The van der Waals surface area contributed by atoms with Crippen molar-refractivity contribution < 1.29 is 19.2 Å². The number of thioether (sulfide) groups is 1. The van der Waals surface area contributed by atoms with Crippen LogP contribution in [-0.2, 0) is 4.79 Å². The van der Waals surface area contributed by atoms with Gasteiger partial charge in [-0.1, -0.05) is 30.0 Å². The number of hydrazone groups is 1. The number of amides is 1. The Labute approximate surface area is 162 Å². The smallest absolute Gasteiger partial charge is 0.433 e. The lowest BCUT2D eigenvalue weighted by molar-refractivity contribution is -0.402. The molecule has 0 bridgehead atoms. The van der Waals surface area contributed by atoms with E-state index in [1.165, 1.54) is 42.6 Å². The minimum Gasteiger partial charge on any atom is -0.507 e. The third-order valence-corrected chi connectivity index (χ3v) is 4.62. The molecule has 0 spiro atoms. The van der Waals surface area contributed by atoms with Crippen molar-refractivity contribution in [2.45, 2.75) is 0 Å². The van der Waals surface area contributed by atoms with Crippen LogP contribution >= 0.6 is 24.0 Å². The van der Waals surface area contributed by atoms with Gasteiger partial charge in [-0.15, -0.1) is 0 Å². The van der Waals surface area contributed by atoms with Crippen LogP contribution in [0.1, 0.15) is 11.3 Å². The maximum absolute atomic E-state index is 12.4. The minimum atomic E-state index is -0.634. The summed E-state index contributed by atoms with van der Waals surface area (Å²) in [5.41, 5.74) is 0.454. The van der Waals surface area contributed by atoms with E-state index >= 15 is 0 Å². The number of phenols is 1. The summed E-state index contributed by atoms with van der Waals surface area (Å²) in [5.74, 6) is -0.449. The van der Waals surface area contributed by atoms with Crippen LogP contribution in [0.15, 0.2) is 63.0 Å². The molecule has 3 rings (SSSR count). The van der Waals surface area contributed by atoms with Crippen LogP contribution < -0.4 is 0 Å². The van der Waals surface area contributed by atoms with E-state index in [0.29, 0.717) is 10.5 Å². The summed E-state index contributed by atoms with van der Waals surface area (Å²) < 4.78 is 5.24. The van der Waals surface area contributed by atoms with Crippen LogP contribution in [0, 0.1) is 10.1 Å². The lowest BCUT2D eigenvalue weighted by Crippen LogP contribution is -2.22. The molecule has 2 heterocycles. The lowest BCUT2D eigenvalue weighted by atomic mass is 10.2. The Balaban J connectivity index is 1.71. The van der Waals surface area contributed by atoms with Crippen molar-refractivity contribution in [1.29, 1.82) is 0 Å². The number of thiocarbonyl (C=S) groups is 1. The van der Waals surface area contributed by atoms with Gasteiger partial charge in [0.05, 0.1) is 17.2 Å². The van der Waals surface area contributed by atoms with Gasteiger partial charge in [-0.3, -0.25) is 14.9 Å². The second-order valence-electron chi connectivity index (χ2n) is 5.11. The Morgan fingerprint density at radius 3 is 2.78 bits per heavy atom. The second kappa shape index (κ2) is 7.98. The molecule has 1 aromatic carbocycles. The number of carbonyl (C=O) groups is 1. The zero-order valence-electron chi connectivity index (χ0n) is 13.5. The number of allylic oxidation sites excluding steroid dienone is 2. The fourth-order valence-corrected chi connectivity index (χ4v) is 3.17. The van der Waals surface area contributed by atoms with E-state index in [-0.39, 0.29) is 21.7 Å². The van der Waals surface area contributed by atoms with Gasteiger partial charge >= 0.3 is 5.88 Å². The molecule has 1 aromatic heterocycles. The van der Waals surface area contributed by atoms with Gasteiger partial charge in [0.15, 0.2) is 4.32 Å². The number of nitro groups is 1. The molecular formula is C17H11N3O5S2. The number of phenolic OH excluding ortho intramolecular Hbond substituents is 1. The van der Waals surface area contributed by atoms with Crippen molar-refractivity contribution in [1.82, 2.24) is 5.01 Å². The quantitative estimate of drug-likeness (QED) is 0.267. The van der Waals surface area contributed by atoms with Gasteiger partial charge < -0.3 is 9.52 Å². The predicted octanol–water partition coefficient (Wildman–Crippen LogP) is 3.68. The zero-order valence-corrected chi connectivity index (χ0v) is 15.1. The molecule has 10 heteroatoms. The summed E-state index contributed by atoms with van der Waals surface area (Å²) in [6.07, 6.45) is 5.89. The highest BCUT2D eigenvalue weighted by molar-refractivity contribution is 8.26. The van der Waals surface area contributed by atoms with Crippen LogP contribution in [0.2, 0.25) is 0 Å². The van der Waals surface area contributed by atoms with Gasteiger partial charge in [0.2, 0.25) is 0 Å². The predicted molar refractivity (Wildman–Crippen MR) is 105 cm³/mol. The summed E-state index contributed by atoms with van der Waals surface area (Å²) in [5, 5.41) is 25.4. The maximum atomic E-state index is 12.4. The third kappa shape index (κ3) is 4.30. The third-order valence-electron chi connectivity index (χ3n) is 3.32. The molecule has 0 radical (unpaired) electrons. The second-order valence-corrected chi connectivity index (χ2v) is 6.79. The van der Waals surface area contributed by atoms with Crippen molar-refractivity contribution in [3.63, 3.8) is 0 Å². The number of aromatic hydroxyl groups is 1. The summed E-state index contributed by atoms with van der Waals surface area (Å²) in [4.78, 5) is 22.7. The molecule has 1 aliphatic rings. The fraction of sp³-hybridized carbons (Fsp3) is 0. The van der Waals surface area contributed by atoms with E-state index in [4.69, 9.17) is 16.6 Å². The molecule has 1 aliphatic heterocycles. The summed E-state index contributed by atoms with van der Waals surface area (Å²) >= 11 is 6.22. The van der Waals surface area contributed by atoms with E-state index in [0.717, 1.165) is 16.8 Å². The van der Waals surface area contributed by atoms with Gasteiger partial charge in [0.25, 0.3) is 5.91 Å². The van der Waals surface area contributed by atoms with Crippen LogP contribution in [0.4, 0.5) is 5.88 Å². The molecule has 8 nitrogen and oxygen atoms in total. The first-order valence-corrected chi connectivity index (χ1v) is 8.69. The monoisotopic (exact) mass is 401 g/mol. The van der Waals surface area contributed by atoms with Crippen molar-refractivity contribution in [3.8, 4) is 5.75 Å². The van der Waals surface area contributed by atoms with Crippen molar-refractivity contribution >= 4 is 52.4 Å². The van der Waals surface area contributed by atoms with Crippen LogP contribution in [-0.4, -0.2) is 31.5 Å². The highest BCUT2D eigenvalue weighted by atomic mass is 32.2. The van der Waals surface area contributed by atoms with Gasteiger partial charge in [-0.2, -0.15) is 10.1 Å². The molecule has 1 saturated heterocycles. The van der Waals surface area contributed by atoms with Gasteiger partial charge in [-0.05, 0) is 42.6 Å². The molecule has 0 saturated carbocycles. The van der Waals surface area contributed by atoms with E-state index < -0.39 is 10.8 Å². The van der Waals surface area contributed by atoms with Crippen molar-refractivity contribution in [3.05, 3.63) is 74.9 Å². The Morgan fingerprint density at radius 2 is 2.07 bits per heavy atom. The molecule has 0 atom stereocenters. The number of carbonyl (C=O) groups excluding carboxylic acids is 1. The summed E-state index contributed by atoms with van der Waals surface area (Å²) in [7, 11) is 0. The van der Waals surface area contributed by atoms with E-state index in [2.05, 4.69) is 5.10 Å². The normalized spacial score (nSPS) is 16.3. The van der Waals surface area contributed by atoms with Gasteiger partial charge in [0.1, 0.15) is 16.4 Å². The molecule has 0 unspecified atom stereocenters. The fourth-order valence-electron chi connectivity index (χ4n) is 2.05. The number of furan rings is 1. The molecule has 136 valence electrons. The van der Waals surface area contributed by atoms with Crippen LogP contribution in [0.25, 0.3) is 6.08 Å². The Bertz CT molecular complexity index is 1010. The highest BCUT2D eigenvalue weighted by Crippen LogP contribution is 2.31. The Hall–Kier alpha value is -3.24. The first-order chi connectivity index (χ1) is 13.0. The number of rotatable bonds is 5. The van der Waals surface area contributed by atoms with Gasteiger partial charge in [0, 0.05) is 5.56 Å². The Morgan fingerprint density at radius 1 is 1.30 bits per heavy atom. The molecule has 1 fully saturated rings. The maximum Gasteiger partial charge on any atom is 0.433 e. The molecule has 2 aromatic rings. The first-order valence-electron chi connectivity index (χ1n) is 7.46. The largest absolute Gasteiger partial charge is 0.507 e. The van der Waals surface area contributed by atoms with Gasteiger partial charge in [-0.25, -0.2) is 0 Å². The number of benzene rings is 1. The summed E-state index contributed by atoms with van der Waals surface area (Å²) in [6.45, 7) is 0. The van der Waals surface area contributed by atoms with Crippen molar-refractivity contribution in [2.75, 3.05) is 0 Å². The zero-order chi connectivity index (χ0) is 19.4. The molecule has 1 N–H and O–H groups in total. The van der Waals surface area contributed by atoms with E-state index in [9.17, 15) is 20.0 Å².